The number of hydrogen-bond acceptors (Lipinski definition) is 4. The highest BCUT2D eigenvalue weighted by Gasteiger charge is 2.59. The van der Waals surface area contributed by atoms with Crippen LogP contribution in [-0.4, -0.2) is 24.3 Å². The summed E-state index contributed by atoms with van der Waals surface area (Å²) in [5.74, 6) is -0.430. The van der Waals surface area contributed by atoms with Crippen molar-refractivity contribution in [2.75, 3.05) is 0 Å². The molecular weight excluding hydrogens is 267 g/mol. The fraction of sp³-hybridized carbons (Fsp3) is 0.438. The molecule has 1 aliphatic heterocycles. The molecule has 0 N–H and O–H groups in total. The molecule has 1 aromatic carbocycles. The van der Waals surface area contributed by atoms with Crippen LogP contribution in [0.3, 0.4) is 0 Å². The van der Waals surface area contributed by atoms with E-state index in [1.807, 2.05) is 51.1 Å². The van der Waals surface area contributed by atoms with Crippen molar-refractivity contribution >= 4 is 13.1 Å². The predicted octanol–water partition coefficient (Wildman–Crippen LogP) is 2.92. The van der Waals surface area contributed by atoms with E-state index in [2.05, 4.69) is 6.58 Å². The van der Waals surface area contributed by atoms with E-state index in [4.69, 9.17) is 14.0 Å². The average Bonchev–Trinajstić information content (AvgIpc) is 2.69. The first-order valence-electron chi connectivity index (χ1n) is 6.98. The number of benzene rings is 1. The SMILES string of the molecule is C=C(C)B1OC(C)(C)C(C)(C(=O)OCc2ccccc2)O1. The first-order valence-corrected chi connectivity index (χ1v) is 6.98. The Kier molecular flexibility index (Phi) is 4.26. The van der Waals surface area contributed by atoms with Gasteiger partial charge in [0.05, 0.1) is 5.60 Å². The van der Waals surface area contributed by atoms with Crippen molar-refractivity contribution in [1.82, 2.24) is 0 Å². The van der Waals surface area contributed by atoms with Gasteiger partial charge < -0.3 is 14.0 Å². The molecular formula is C16H21BO4. The summed E-state index contributed by atoms with van der Waals surface area (Å²) in [5, 5.41) is 0. The van der Waals surface area contributed by atoms with Crippen molar-refractivity contribution in [1.29, 1.82) is 0 Å². The van der Waals surface area contributed by atoms with Gasteiger partial charge in [-0.25, -0.2) is 4.79 Å². The highest BCUT2D eigenvalue weighted by molar-refractivity contribution is 6.54. The minimum Gasteiger partial charge on any atom is -0.459 e. The number of hydrogen-bond donors (Lipinski definition) is 0. The van der Waals surface area contributed by atoms with Gasteiger partial charge in [0.2, 0.25) is 0 Å². The molecule has 0 aliphatic carbocycles. The third-order valence-corrected chi connectivity index (χ3v) is 3.90. The second-order valence-corrected chi connectivity index (χ2v) is 6.02. The zero-order chi connectivity index (χ0) is 15.7. The largest absolute Gasteiger partial charge is 0.490 e. The second-order valence-electron chi connectivity index (χ2n) is 6.02. The second kappa shape index (κ2) is 5.66. The van der Waals surface area contributed by atoms with Gasteiger partial charge in [-0.15, -0.1) is 6.58 Å². The zero-order valence-electron chi connectivity index (χ0n) is 13.0. The Labute approximate surface area is 126 Å². The molecule has 0 aromatic heterocycles. The maximum absolute atomic E-state index is 12.5. The van der Waals surface area contributed by atoms with Crippen LogP contribution in [0.5, 0.6) is 0 Å². The smallest absolute Gasteiger partial charge is 0.459 e. The van der Waals surface area contributed by atoms with Gasteiger partial charge in [0, 0.05) is 0 Å². The molecule has 1 fully saturated rings. The highest BCUT2D eigenvalue weighted by Crippen LogP contribution is 2.39. The lowest BCUT2D eigenvalue weighted by Crippen LogP contribution is -2.52. The topological polar surface area (TPSA) is 44.8 Å². The lowest BCUT2D eigenvalue weighted by Gasteiger charge is -2.33. The molecule has 112 valence electrons. The van der Waals surface area contributed by atoms with E-state index in [-0.39, 0.29) is 6.61 Å². The summed E-state index contributed by atoms with van der Waals surface area (Å²) in [7, 11) is -0.589. The molecule has 0 spiro atoms. The van der Waals surface area contributed by atoms with Gasteiger partial charge in [-0.1, -0.05) is 35.8 Å². The van der Waals surface area contributed by atoms with Crippen LogP contribution in [0, 0.1) is 0 Å². The maximum atomic E-state index is 12.5. The number of rotatable bonds is 4. The summed E-state index contributed by atoms with van der Waals surface area (Å²) in [4.78, 5) is 12.5. The number of carbonyl (C=O) groups excluding carboxylic acids is 1. The molecule has 0 radical (unpaired) electrons. The Balaban J connectivity index is 2.08. The Hall–Kier alpha value is -1.59. The Morgan fingerprint density at radius 1 is 1.24 bits per heavy atom. The molecule has 4 nitrogen and oxygen atoms in total. The fourth-order valence-electron chi connectivity index (χ4n) is 2.12. The van der Waals surface area contributed by atoms with Crippen molar-refractivity contribution in [2.24, 2.45) is 0 Å². The minimum atomic E-state index is -1.16. The minimum absolute atomic E-state index is 0.215. The van der Waals surface area contributed by atoms with E-state index in [9.17, 15) is 4.79 Å². The van der Waals surface area contributed by atoms with Crippen molar-refractivity contribution in [3.8, 4) is 0 Å². The molecule has 0 saturated carbocycles. The number of ether oxygens (including phenoxy) is 1. The van der Waals surface area contributed by atoms with Crippen molar-refractivity contribution in [2.45, 2.75) is 45.5 Å². The monoisotopic (exact) mass is 288 g/mol. The molecule has 1 aromatic rings. The van der Waals surface area contributed by atoms with E-state index < -0.39 is 24.3 Å². The highest BCUT2D eigenvalue weighted by atomic mass is 16.7. The molecule has 0 bridgehead atoms. The van der Waals surface area contributed by atoms with Crippen LogP contribution in [0.25, 0.3) is 0 Å². The lowest BCUT2D eigenvalue weighted by molar-refractivity contribution is -0.169. The molecule has 1 unspecified atom stereocenters. The van der Waals surface area contributed by atoms with Gasteiger partial charge in [-0.05, 0) is 33.3 Å². The van der Waals surface area contributed by atoms with Gasteiger partial charge in [0.25, 0.3) is 0 Å². The Morgan fingerprint density at radius 2 is 1.86 bits per heavy atom. The molecule has 2 rings (SSSR count). The van der Waals surface area contributed by atoms with Crippen LogP contribution >= 0.6 is 0 Å². The quantitative estimate of drug-likeness (QED) is 0.631. The third-order valence-electron chi connectivity index (χ3n) is 3.90. The van der Waals surface area contributed by atoms with Crippen molar-refractivity contribution in [3.63, 3.8) is 0 Å². The summed E-state index contributed by atoms with van der Waals surface area (Å²) in [5.41, 5.74) is -0.291. The van der Waals surface area contributed by atoms with Crippen LogP contribution in [-0.2, 0) is 25.4 Å². The summed E-state index contributed by atoms with van der Waals surface area (Å²) < 4.78 is 17.0. The molecule has 1 heterocycles. The summed E-state index contributed by atoms with van der Waals surface area (Å²) >= 11 is 0. The third kappa shape index (κ3) is 3.04. The number of esters is 1. The van der Waals surface area contributed by atoms with Crippen LogP contribution in [0.15, 0.2) is 42.4 Å². The van der Waals surface area contributed by atoms with Crippen LogP contribution in [0.2, 0.25) is 0 Å². The standard InChI is InChI=1S/C16H21BO4/c1-12(2)17-20-15(3,4)16(5,21-17)14(18)19-11-13-9-7-6-8-10-13/h6-10H,1,11H2,2-5H3. The van der Waals surface area contributed by atoms with Crippen LogP contribution in [0.1, 0.15) is 33.3 Å². The van der Waals surface area contributed by atoms with Crippen molar-refractivity contribution < 1.29 is 18.8 Å². The van der Waals surface area contributed by atoms with Crippen LogP contribution < -0.4 is 0 Å². The predicted molar refractivity (Wildman–Crippen MR) is 81.5 cm³/mol. The molecule has 5 heteroatoms. The first-order chi connectivity index (χ1) is 9.76. The zero-order valence-corrected chi connectivity index (χ0v) is 13.0. The van der Waals surface area contributed by atoms with E-state index >= 15 is 0 Å². The van der Waals surface area contributed by atoms with Gasteiger partial charge in [0.1, 0.15) is 6.61 Å². The Morgan fingerprint density at radius 3 is 2.38 bits per heavy atom. The van der Waals surface area contributed by atoms with Gasteiger partial charge in [-0.3, -0.25) is 0 Å². The Bertz CT molecular complexity index is 540. The average molecular weight is 288 g/mol. The van der Waals surface area contributed by atoms with E-state index in [1.54, 1.807) is 6.92 Å². The fourth-order valence-corrected chi connectivity index (χ4v) is 2.12. The molecule has 0 amide bonds. The first kappa shape index (κ1) is 15.8. The van der Waals surface area contributed by atoms with E-state index in [0.717, 1.165) is 11.0 Å². The van der Waals surface area contributed by atoms with Crippen molar-refractivity contribution in [3.05, 3.63) is 47.9 Å². The number of carbonyl (C=O) groups is 1. The van der Waals surface area contributed by atoms with E-state index in [1.165, 1.54) is 0 Å². The molecule has 1 aliphatic rings. The van der Waals surface area contributed by atoms with Gasteiger partial charge >= 0.3 is 13.1 Å². The summed E-state index contributed by atoms with van der Waals surface area (Å²) in [6, 6.07) is 9.54. The van der Waals surface area contributed by atoms with Gasteiger partial charge in [0.15, 0.2) is 5.60 Å². The maximum Gasteiger partial charge on any atom is 0.490 e. The van der Waals surface area contributed by atoms with Gasteiger partial charge in [-0.2, -0.15) is 0 Å². The summed E-state index contributed by atoms with van der Waals surface area (Å²) in [6.07, 6.45) is 0. The molecule has 21 heavy (non-hydrogen) atoms. The summed E-state index contributed by atoms with van der Waals surface area (Å²) in [6.45, 7) is 11.2. The van der Waals surface area contributed by atoms with Crippen LogP contribution in [0.4, 0.5) is 0 Å². The normalized spacial score (nSPS) is 23.9. The number of allylic oxidation sites excluding steroid dienone is 1. The molecule has 1 saturated heterocycles. The molecule has 1 atom stereocenters. The lowest BCUT2D eigenvalue weighted by atomic mass is 9.81. The van der Waals surface area contributed by atoms with E-state index in [0.29, 0.717) is 0 Å².